The number of carbonyl (C=O) groups excluding carboxylic acids is 1. The van der Waals surface area contributed by atoms with Gasteiger partial charge >= 0.3 is 5.97 Å². The molecule has 0 atom stereocenters. The van der Waals surface area contributed by atoms with Crippen molar-refractivity contribution >= 4 is 5.97 Å². The van der Waals surface area contributed by atoms with E-state index in [9.17, 15) is 9.90 Å². The summed E-state index contributed by atoms with van der Waals surface area (Å²) in [6.07, 6.45) is 2.20. The molecule has 0 saturated carbocycles. The molecule has 88 valence electrons. The van der Waals surface area contributed by atoms with Crippen LogP contribution in [0.3, 0.4) is 0 Å². The molecular formula is C13H18O3. The molecule has 0 aliphatic rings. The van der Waals surface area contributed by atoms with Gasteiger partial charge in [-0.2, -0.15) is 0 Å². The highest BCUT2D eigenvalue weighted by Gasteiger charge is 2.11. The third kappa shape index (κ3) is 2.86. The summed E-state index contributed by atoms with van der Waals surface area (Å²) in [6.45, 7) is 5.34. The van der Waals surface area contributed by atoms with Gasteiger partial charge in [0.1, 0.15) is 5.75 Å². The Morgan fingerprint density at radius 1 is 1.56 bits per heavy atom. The minimum atomic E-state index is -0.400. The van der Waals surface area contributed by atoms with Crippen LogP contribution in [0, 0.1) is 6.92 Å². The van der Waals surface area contributed by atoms with E-state index in [1.54, 1.807) is 25.1 Å². The van der Waals surface area contributed by atoms with E-state index in [0.717, 1.165) is 0 Å². The predicted octanol–water partition coefficient (Wildman–Crippen LogP) is 2.85. The Hall–Kier alpha value is -1.77. The highest BCUT2D eigenvalue weighted by Crippen LogP contribution is 2.24. The van der Waals surface area contributed by atoms with Crippen molar-refractivity contribution in [2.75, 3.05) is 7.11 Å². The predicted molar refractivity (Wildman–Crippen MR) is 64.8 cm³/mol. The fraction of sp³-hybridized carbons (Fsp3) is 0.308. The van der Waals surface area contributed by atoms with Crippen molar-refractivity contribution in [3.63, 3.8) is 0 Å². The van der Waals surface area contributed by atoms with Gasteiger partial charge < -0.3 is 9.84 Å². The van der Waals surface area contributed by atoms with Gasteiger partial charge in [-0.1, -0.05) is 13.5 Å². The first-order valence-corrected chi connectivity index (χ1v) is 4.61. The molecular weight excluding hydrogens is 204 g/mol. The third-order valence-electron chi connectivity index (χ3n) is 2.16. The molecule has 1 aromatic carbocycles. The summed E-state index contributed by atoms with van der Waals surface area (Å²) in [5.74, 6) is -0.189. The Bertz CT molecular complexity index is 394. The monoisotopic (exact) mass is 222 g/mol. The molecule has 1 aromatic rings. The summed E-state index contributed by atoms with van der Waals surface area (Å²) in [4.78, 5) is 11.3. The van der Waals surface area contributed by atoms with E-state index in [4.69, 9.17) is 0 Å². The summed E-state index contributed by atoms with van der Waals surface area (Å²) in [5.41, 5.74) is 1.80. The van der Waals surface area contributed by atoms with Gasteiger partial charge in [-0.3, -0.25) is 0 Å². The number of allylic oxidation sites excluding steroid dienone is 1. The smallest absolute Gasteiger partial charge is 0.337 e. The Morgan fingerprint density at radius 2 is 2.19 bits per heavy atom. The molecule has 0 aliphatic heterocycles. The summed E-state index contributed by atoms with van der Waals surface area (Å²) < 4.78 is 4.62. The summed E-state index contributed by atoms with van der Waals surface area (Å²) in [5, 5.41) is 9.71. The number of hydrogen-bond donors (Lipinski definition) is 1. The van der Waals surface area contributed by atoms with Gasteiger partial charge in [0.05, 0.1) is 12.7 Å². The number of rotatable bonds is 3. The first kappa shape index (κ1) is 14.2. The molecule has 3 nitrogen and oxygen atoms in total. The summed E-state index contributed by atoms with van der Waals surface area (Å²) in [6, 6.07) is 3.23. The second-order valence-electron chi connectivity index (χ2n) is 3.29. The van der Waals surface area contributed by atoms with E-state index >= 15 is 0 Å². The van der Waals surface area contributed by atoms with Crippen molar-refractivity contribution in [2.45, 2.75) is 20.8 Å². The maximum absolute atomic E-state index is 11.3. The van der Waals surface area contributed by atoms with Crippen LogP contribution in [-0.4, -0.2) is 18.2 Å². The molecule has 0 spiro atoms. The SMILES string of the molecule is C.C=CCc1cc(C(=O)OC)cc(C)c1O. The average molecular weight is 222 g/mol. The van der Waals surface area contributed by atoms with Crippen molar-refractivity contribution in [1.82, 2.24) is 0 Å². The lowest BCUT2D eigenvalue weighted by Gasteiger charge is -2.08. The zero-order valence-corrected chi connectivity index (χ0v) is 8.91. The molecule has 0 fully saturated rings. The molecule has 3 heteroatoms. The lowest BCUT2D eigenvalue weighted by molar-refractivity contribution is 0.0600. The molecule has 0 radical (unpaired) electrons. The van der Waals surface area contributed by atoms with Crippen LogP contribution in [0.2, 0.25) is 0 Å². The van der Waals surface area contributed by atoms with Crippen LogP contribution in [0.15, 0.2) is 24.8 Å². The van der Waals surface area contributed by atoms with E-state index in [1.807, 2.05) is 0 Å². The molecule has 0 saturated heterocycles. The number of ether oxygens (including phenoxy) is 1. The Labute approximate surface area is 96.4 Å². The minimum Gasteiger partial charge on any atom is -0.507 e. The lowest BCUT2D eigenvalue weighted by Crippen LogP contribution is -2.03. The second kappa shape index (κ2) is 5.95. The third-order valence-corrected chi connectivity index (χ3v) is 2.16. The van der Waals surface area contributed by atoms with Crippen LogP contribution in [0.25, 0.3) is 0 Å². The molecule has 0 aromatic heterocycles. The minimum absolute atomic E-state index is 0. The quantitative estimate of drug-likeness (QED) is 0.632. The van der Waals surface area contributed by atoms with Crippen LogP contribution in [0.4, 0.5) is 0 Å². The van der Waals surface area contributed by atoms with Crippen LogP contribution in [0.5, 0.6) is 5.75 Å². The number of carbonyl (C=O) groups is 1. The number of methoxy groups -OCH3 is 1. The largest absolute Gasteiger partial charge is 0.507 e. The Balaban J connectivity index is 0.00000225. The number of aryl methyl sites for hydroxylation is 1. The zero-order chi connectivity index (χ0) is 11.4. The fourth-order valence-electron chi connectivity index (χ4n) is 1.40. The molecule has 1 rings (SSSR count). The molecule has 0 aliphatic carbocycles. The molecule has 0 unspecified atom stereocenters. The first-order chi connectivity index (χ1) is 7.10. The van der Waals surface area contributed by atoms with Gasteiger partial charge in [-0.15, -0.1) is 6.58 Å². The molecule has 0 heterocycles. The van der Waals surface area contributed by atoms with Gasteiger partial charge in [0.15, 0.2) is 0 Å². The van der Waals surface area contributed by atoms with Gasteiger partial charge in [0.2, 0.25) is 0 Å². The van der Waals surface area contributed by atoms with E-state index in [0.29, 0.717) is 23.1 Å². The number of phenols is 1. The Kier molecular flexibility index (Phi) is 5.30. The fourth-order valence-corrected chi connectivity index (χ4v) is 1.40. The van der Waals surface area contributed by atoms with Gasteiger partial charge in [-0.05, 0) is 36.6 Å². The Morgan fingerprint density at radius 3 is 2.69 bits per heavy atom. The summed E-state index contributed by atoms with van der Waals surface area (Å²) >= 11 is 0. The number of aromatic hydroxyl groups is 1. The van der Waals surface area contributed by atoms with Crippen LogP contribution >= 0.6 is 0 Å². The average Bonchev–Trinajstić information content (AvgIpc) is 2.23. The number of phenolic OH excluding ortho intramolecular Hbond substituents is 1. The van der Waals surface area contributed by atoms with E-state index in [-0.39, 0.29) is 13.2 Å². The van der Waals surface area contributed by atoms with Crippen LogP contribution in [-0.2, 0) is 11.2 Å². The van der Waals surface area contributed by atoms with Crippen molar-refractivity contribution in [1.29, 1.82) is 0 Å². The molecule has 0 bridgehead atoms. The van der Waals surface area contributed by atoms with Crippen molar-refractivity contribution in [2.24, 2.45) is 0 Å². The maximum Gasteiger partial charge on any atom is 0.337 e. The molecule has 0 amide bonds. The highest BCUT2D eigenvalue weighted by atomic mass is 16.5. The number of benzene rings is 1. The molecule has 16 heavy (non-hydrogen) atoms. The molecule has 1 N–H and O–H groups in total. The van der Waals surface area contributed by atoms with E-state index in [1.165, 1.54) is 7.11 Å². The van der Waals surface area contributed by atoms with Gasteiger partial charge in [0, 0.05) is 0 Å². The maximum atomic E-state index is 11.3. The van der Waals surface area contributed by atoms with Crippen molar-refractivity contribution < 1.29 is 14.6 Å². The van der Waals surface area contributed by atoms with E-state index < -0.39 is 5.97 Å². The standard InChI is InChI=1S/C12H14O3.CH4/c1-4-5-9-7-10(12(14)15-3)6-8(2)11(9)13;/h4,6-7,13H,1,5H2,2-3H3;1H4. The van der Waals surface area contributed by atoms with Crippen molar-refractivity contribution in [3.05, 3.63) is 41.5 Å². The second-order valence-corrected chi connectivity index (χ2v) is 3.29. The number of esters is 1. The highest BCUT2D eigenvalue weighted by molar-refractivity contribution is 5.90. The van der Waals surface area contributed by atoms with Gasteiger partial charge in [0.25, 0.3) is 0 Å². The number of hydrogen-bond acceptors (Lipinski definition) is 3. The normalized spacial score (nSPS) is 9.12. The first-order valence-electron chi connectivity index (χ1n) is 4.61. The topological polar surface area (TPSA) is 46.5 Å². The van der Waals surface area contributed by atoms with Crippen molar-refractivity contribution in [3.8, 4) is 5.75 Å². The lowest BCUT2D eigenvalue weighted by atomic mass is 10.0. The zero-order valence-electron chi connectivity index (χ0n) is 8.91. The van der Waals surface area contributed by atoms with Crippen LogP contribution in [0.1, 0.15) is 28.9 Å². The van der Waals surface area contributed by atoms with Gasteiger partial charge in [-0.25, -0.2) is 4.79 Å². The summed E-state index contributed by atoms with van der Waals surface area (Å²) in [7, 11) is 1.33. The van der Waals surface area contributed by atoms with Crippen LogP contribution < -0.4 is 0 Å². The van der Waals surface area contributed by atoms with E-state index in [2.05, 4.69) is 11.3 Å².